The van der Waals surface area contributed by atoms with E-state index in [-0.39, 0.29) is 5.91 Å². The molecule has 0 saturated carbocycles. The van der Waals surface area contributed by atoms with Gasteiger partial charge in [-0.2, -0.15) is 0 Å². The molecule has 1 N–H and O–H groups in total. The van der Waals surface area contributed by atoms with Gasteiger partial charge < -0.3 is 19.7 Å². The summed E-state index contributed by atoms with van der Waals surface area (Å²) < 4.78 is 10.8. The number of hydrogen-bond acceptors (Lipinski definition) is 7. The lowest BCUT2D eigenvalue weighted by atomic mass is 10.1. The first kappa shape index (κ1) is 28.3. The van der Waals surface area contributed by atoms with E-state index in [1.165, 1.54) is 5.56 Å². The smallest absolute Gasteiger partial charge is 0.251 e. The fourth-order valence-electron chi connectivity index (χ4n) is 3.65. The number of methoxy groups -OCH3 is 2. The largest absolute Gasteiger partial charge is 0.493 e. The van der Waals surface area contributed by atoms with E-state index in [0.717, 1.165) is 58.9 Å². The maximum absolute atomic E-state index is 12.3. The maximum atomic E-state index is 12.3. The SMILES string of the molecule is CCc1cc(N(C)CCc2ccc(OC)c(OC)c2)nc(SCc2ccc(C(=O)NCC(C)C)cc2)n1. The summed E-state index contributed by atoms with van der Waals surface area (Å²) in [6, 6.07) is 15.8. The summed E-state index contributed by atoms with van der Waals surface area (Å²) in [5.41, 5.74) is 3.99. The molecular formula is C29H38N4O3S. The number of hydrogen-bond donors (Lipinski definition) is 1. The van der Waals surface area contributed by atoms with Crippen LogP contribution in [-0.4, -0.2) is 50.2 Å². The van der Waals surface area contributed by atoms with E-state index in [2.05, 4.69) is 50.2 Å². The van der Waals surface area contributed by atoms with E-state index >= 15 is 0 Å². The normalized spacial score (nSPS) is 10.9. The Hall–Kier alpha value is -3.26. The van der Waals surface area contributed by atoms with Crippen molar-refractivity contribution in [3.8, 4) is 11.5 Å². The predicted molar refractivity (Wildman–Crippen MR) is 151 cm³/mol. The third-order valence-electron chi connectivity index (χ3n) is 5.94. The Morgan fingerprint density at radius 1 is 1.00 bits per heavy atom. The van der Waals surface area contributed by atoms with E-state index in [9.17, 15) is 4.79 Å². The number of aromatic nitrogens is 2. The van der Waals surface area contributed by atoms with Crippen LogP contribution in [0.15, 0.2) is 53.7 Å². The minimum atomic E-state index is -0.0346. The molecule has 0 unspecified atom stereocenters. The Morgan fingerprint density at radius 2 is 1.70 bits per heavy atom. The molecule has 0 aliphatic carbocycles. The van der Waals surface area contributed by atoms with E-state index < -0.39 is 0 Å². The Balaban J connectivity index is 1.62. The zero-order chi connectivity index (χ0) is 26.8. The summed E-state index contributed by atoms with van der Waals surface area (Å²) in [6.45, 7) is 7.75. The van der Waals surface area contributed by atoms with Crippen LogP contribution >= 0.6 is 11.8 Å². The number of carbonyl (C=O) groups excluding carboxylic acids is 1. The van der Waals surface area contributed by atoms with Gasteiger partial charge in [-0.25, -0.2) is 9.97 Å². The Morgan fingerprint density at radius 3 is 2.35 bits per heavy atom. The van der Waals surface area contributed by atoms with Crippen LogP contribution in [-0.2, 0) is 18.6 Å². The lowest BCUT2D eigenvalue weighted by Gasteiger charge is -2.20. The van der Waals surface area contributed by atoms with Gasteiger partial charge >= 0.3 is 0 Å². The van der Waals surface area contributed by atoms with Crippen LogP contribution in [0.4, 0.5) is 5.82 Å². The van der Waals surface area contributed by atoms with Crippen LogP contribution in [0.5, 0.6) is 11.5 Å². The maximum Gasteiger partial charge on any atom is 0.251 e. The second kappa shape index (κ2) is 13.9. The zero-order valence-electron chi connectivity index (χ0n) is 22.7. The fourth-order valence-corrected chi connectivity index (χ4v) is 4.48. The summed E-state index contributed by atoms with van der Waals surface area (Å²) in [5, 5.41) is 3.71. The van der Waals surface area contributed by atoms with Crippen molar-refractivity contribution < 1.29 is 14.3 Å². The Bertz CT molecular complexity index is 1170. The second-order valence-corrected chi connectivity index (χ2v) is 10.2. The third kappa shape index (κ3) is 8.39. The summed E-state index contributed by atoms with van der Waals surface area (Å²) in [5.74, 6) is 3.50. The summed E-state index contributed by atoms with van der Waals surface area (Å²) in [4.78, 5) is 24.0. The molecule has 0 radical (unpaired) electrons. The number of carbonyl (C=O) groups is 1. The summed E-state index contributed by atoms with van der Waals surface area (Å²) in [6.07, 6.45) is 1.69. The molecule has 0 fully saturated rings. The predicted octanol–water partition coefficient (Wildman–Crippen LogP) is 5.41. The minimum absolute atomic E-state index is 0.0346. The van der Waals surface area contributed by atoms with Gasteiger partial charge in [-0.15, -0.1) is 0 Å². The van der Waals surface area contributed by atoms with Crippen molar-refractivity contribution in [3.63, 3.8) is 0 Å². The highest BCUT2D eigenvalue weighted by Crippen LogP contribution is 2.28. The Labute approximate surface area is 225 Å². The highest BCUT2D eigenvalue weighted by Gasteiger charge is 2.11. The van der Waals surface area contributed by atoms with Crippen LogP contribution in [0.3, 0.4) is 0 Å². The first-order valence-corrected chi connectivity index (χ1v) is 13.6. The van der Waals surface area contributed by atoms with E-state index in [1.807, 2.05) is 36.4 Å². The van der Waals surface area contributed by atoms with E-state index in [4.69, 9.17) is 19.4 Å². The highest BCUT2D eigenvalue weighted by atomic mass is 32.2. The van der Waals surface area contributed by atoms with E-state index in [0.29, 0.717) is 18.0 Å². The second-order valence-electron chi connectivity index (χ2n) is 9.30. The van der Waals surface area contributed by atoms with Crippen molar-refractivity contribution in [3.05, 3.63) is 70.9 Å². The first-order chi connectivity index (χ1) is 17.8. The molecule has 1 heterocycles. The first-order valence-electron chi connectivity index (χ1n) is 12.6. The van der Waals surface area contributed by atoms with Crippen LogP contribution < -0.4 is 19.7 Å². The van der Waals surface area contributed by atoms with Crippen LogP contribution in [0.1, 0.15) is 48.0 Å². The van der Waals surface area contributed by atoms with Gasteiger partial charge in [0.25, 0.3) is 5.91 Å². The summed E-state index contributed by atoms with van der Waals surface area (Å²) >= 11 is 1.61. The lowest BCUT2D eigenvalue weighted by molar-refractivity contribution is 0.0949. The van der Waals surface area contributed by atoms with Crippen molar-refractivity contribution in [1.29, 1.82) is 0 Å². The molecule has 37 heavy (non-hydrogen) atoms. The molecule has 3 aromatic rings. The molecule has 8 heteroatoms. The number of nitrogens with one attached hydrogen (secondary N) is 1. The number of ether oxygens (including phenoxy) is 2. The van der Waals surface area contributed by atoms with Crippen molar-refractivity contribution >= 4 is 23.5 Å². The third-order valence-corrected chi connectivity index (χ3v) is 6.86. The van der Waals surface area contributed by atoms with Gasteiger partial charge in [0.2, 0.25) is 0 Å². The molecule has 1 aromatic heterocycles. The molecule has 0 spiro atoms. The van der Waals surface area contributed by atoms with Crippen molar-refractivity contribution in [2.24, 2.45) is 5.92 Å². The van der Waals surface area contributed by atoms with Gasteiger partial charge in [-0.05, 0) is 54.2 Å². The van der Waals surface area contributed by atoms with Gasteiger partial charge in [-0.1, -0.05) is 50.7 Å². The van der Waals surface area contributed by atoms with Gasteiger partial charge in [0, 0.05) is 43.2 Å². The number of benzene rings is 2. The topological polar surface area (TPSA) is 76.6 Å². The zero-order valence-corrected chi connectivity index (χ0v) is 23.5. The minimum Gasteiger partial charge on any atom is -0.493 e. The van der Waals surface area contributed by atoms with Gasteiger partial charge in [0.05, 0.1) is 14.2 Å². The van der Waals surface area contributed by atoms with Crippen molar-refractivity contribution in [2.75, 3.05) is 39.3 Å². The molecular weight excluding hydrogens is 484 g/mol. The standard InChI is InChI=1S/C29H38N4O3S/c1-7-24-17-27(33(4)15-14-21-10-13-25(35-5)26(16-21)36-6)32-29(31-24)37-19-22-8-11-23(12-9-22)28(34)30-18-20(2)3/h8-13,16-17,20H,7,14-15,18-19H2,1-6H3,(H,30,34). The molecule has 0 saturated heterocycles. The fraction of sp³-hybridized carbons (Fsp3) is 0.414. The molecule has 0 atom stereocenters. The van der Waals surface area contributed by atoms with Crippen molar-refractivity contribution in [1.82, 2.24) is 15.3 Å². The number of aryl methyl sites for hydroxylation is 1. The molecule has 2 aromatic carbocycles. The molecule has 0 bridgehead atoms. The van der Waals surface area contributed by atoms with Gasteiger partial charge in [0.1, 0.15) is 5.82 Å². The summed E-state index contributed by atoms with van der Waals surface area (Å²) in [7, 11) is 5.35. The van der Waals surface area contributed by atoms with Crippen LogP contribution in [0.2, 0.25) is 0 Å². The van der Waals surface area contributed by atoms with Gasteiger partial charge in [-0.3, -0.25) is 4.79 Å². The van der Waals surface area contributed by atoms with Gasteiger partial charge in [0.15, 0.2) is 16.7 Å². The van der Waals surface area contributed by atoms with Crippen LogP contribution in [0.25, 0.3) is 0 Å². The number of amides is 1. The number of anilines is 1. The van der Waals surface area contributed by atoms with Crippen LogP contribution in [0, 0.1) is 5.92 Å². The highest BCUT2D eigenvalue weighted by molar-refractivity contribution is 7.98. The Kier molecular flexibility index (Phi) is 10.6. The number of nitrogens with zero attached hydrogens (tertiary/aromatic N) is 3. The molecule has 198 valence electrons. The van der Waals surface area contributed by atoms with Crippen molar-refractivity contribution in [2.45, 2.75) is 44.5 Å². The van der Waals surface area contributed by atoms with E-state index in [1.54, 1.807) is 26.0 Å². The molecule has 3 rings (SSSR count). The quantitative estimate of drug-likeness (QED) is 0.237. The molecule has 7 nitrogen and oxygen atoms in total. The number of likely N-dealkylation sites (N-methyl/N-ethyl adjacent to an activating group) is 1. The monoisotopic (exact) mass is 522 g/mol. The molecule has 0 aliphatic rings. The average Bonchev–Trinajstić information content (AvgIpc) is 2.93. The number of rotatable bonds is 13. The molecule has 1 amide bonds. The number of thioether (sulfide) groups is 1. The lowest BCUT2D eigenvalue weighted by Crippen LogP contribution is -2.27. The molecule has 0 aliphatic heterocycles. The average molecular weight is 523 g/mol.